The first-order valence-corrected chi connectivity index (χ1v) is 6.95. The molecule has 0 heterocycles. The molecule has 0 aliphatic rings. The van der Waals surface area contributed by atoms with Crippen LogP contribution < -0.4 is 16.0 Å². The van der Waals surface area contributed by atoms with E-state index in [0.29, 0.717) is 12.1 Å². The summed E-state index contributed by atoms with van der Waals surface area (Å²) in [6, 6.07) is 17.1. The number of rotatable bonds is 5. The Bertz CT molecular complexity index is 579. The Hall–Kier alpha value is -2.33. The van der Waals surface area contributed by atoms with E-state index in [9.17, 15) is 4.79 Å². The molecule has 1 amide bonds. The molecule has 0 aromatic heterocycles. The predicted molar refractivity (Wildman–Crippen MR) is 86.5 cm³/mol. The van der Waals surface area contributed by atoms with E-state index in [0.717, 1.165) is 11.3 Å². The van der Waals surface area contributed by atoms with Crippen molar-refractivity contribution in [3.05, 3.63) is 65.7 Å². The van der Waals surface area contributed by atoms with Crippen molar-refractivity contribution in [2.24, 2.45) is 5.73 Å². The van der Waals surface area contributed by atoms with Crippen LogP contribution in [0.1, 0.15) is 22.0 Å². The van der Waals surface area contributed by atoms with E-state index in [2.05, 4.69) is 5.32 Å². The maximum absolute atomic E-state index is 12.3. The molecule has 110 valence electrons. The van der Waals surface area contributed by atoms with Gasteiger partial charge in [0.15, 0.2) is 0 Å². The molecule has 0 bridgehead atoms. The van der Waals surface area contributed by atoms with Gasteiger partial charge in [0, 0.05) is 31.9 Å². The Kier molecular flexibility index (Phi) is 4.95. The summed E-state index contributed by atoms with van der Waals surface area (Å²) in [7, 11) is 3.93. The highest BCUT2D eigenvalue weighted by molar-refractivity contribution is 5.94. The summed E-state index contributed by atoms with van der Waals surface area (Å²) in [6.07, 6.45) is 0. The molecular weight excluding hydrogens is 262 g/mol. The lowest BCUT2D eigenvalue weighted by molar-refractivity contribution is 0.0938. The summed E-state index contributed by atoms with van der Waals surface area (Å²) in [5.74, 6) is -0.111. The van der Waals surface area contributed by atoms with Gasteiger partial charge in [0.25, 0.3) is 5.91 Å². The quantitative estimate of drug-likeness (QED) is 0.884. The third-order valence-electron chi connectivity index (χ3n) is 3.39. The third-order valence-corrected chi connectivity index (χ3v) is 3.39. The predicted octanol–water partition coefficient (Wildman–Crippen LogP) is 2.18. The third kappa shape index (κ3) is 3.83. The van der Waals surface area contributed by atoms with Gasteiger partial charge in [-0.2, -0.15) is 0 Å². The highest BCUT2D eigenvalue weighted by Gasteiger charge is 2.14. The van der Waals surface area contributed by atoms with Crippen molar-refractivity contribution >= 4 is 11.6 Å². The van der Waals surface area contributed by atoms with Crippen LogP contribution >= 0.6 is 0 Å². The standard InChI is InChI=1S/C17H21N3O/c1-20(2)15-10-8-14(9-11-15)17(21)19-16(12-18)13-6-4-3-5-7-13/h3-11,16H,12,18H2,1-2H3,(H,19,21). The lowest BCUT2D eigenvalue weighted by Crippen LogP contribution is -2.33. The zero-order valence-corrected chi connectivity index (χ0v) is 12.4. The van der Waals surface area contributed by atoms with Crippen molar-refractivity contribution in [2.45, 2.75) is 6.04 Å². The van der Waals surface area contributed by atoms with Crippen molar-refractivity contribution in [3.8, 4) is 0 Å². The molecule has 0 radical (unpaired) electrons. The first kappa shape index (κ1) is 15.1. The minimum atomic E-state index is -0.174. The fourth-order valence-electron chi connectivity index (χ4n) is 2.12. The van der Waals surface area contributed by atoms with Crippen LogP contribution in [0.25, 0.3) is 0 Å². The molecule has 0 aliphatic carbocycles. The largest absolute Gasteiger partial charge is 0.378 e. The second kappa shape index (κ2) is 6.90. The summed E-state index contributed by atoms with van der Waals surface area (Å²) < 4.78 is 0. The monoisotopic (exact) mass is 283 g/mol. The van der Waals surface area contributed by atoms with E-state index in [1.54, 1.807) is 0 Å². The molecule has 0 aliphatic heterocycles. The number of carbonyl (C=O) groups excluding carboxylic acids is 1. The molecule has 21 heavy (non-hydrogen) atoms. The molecule has 4 heteroatoms. The second-order valence-corrected chi connectivity index (χ2v) is 5.11. The first-order chi connectivity index (χ1) is 10.1. The SMILES string of the molecule is CN(C)c1ccc(C(=O)NC(CN)c2ccccc2)cc1. The van der Waals surface area contributed by atoms with Gasteiger partial charge in [-0.15, -0.1) is 0 Å². The van der Waals surface area contributed by atoms with E-state index >= 15 is 0 Å². The molecule has 1 atom stereocenters. The van der Waals surface area contributed by atoms with Crippen LogP contribution in [0.15, 0.2) is 54.6 Å². The molecule has 0 saturated carbocycles. The van der Waals surface area contributed by atoms with Gasteiger partial charge in [-0.3, -0.25) is 4.79 Å². The molecule has 4 nitrogen and oxygen atoms in total. The molecule has 0 saturated heterocycles. The number of nitrogens with zero attached hydrogens (tertiary/aromatic N) is 1. The number of amides is 1. The van der Waals surface area contributed by atoms with Crippen LogP contribution in [0.4, 0.5) is 5.69 Å². The molecule has 1 unspecified atom stereocenters. The Morgan fingerprint density at radius 2 is 1.71 bits per heavy atom. The Morgan fingerprint density at radius 3 is 2.24 bits per heavy atom. The van der Waals surface area contributed by atoms with E-state index in [-0.39, 0.29) is 11.9 Å². The summed E-state index contributed by atoms with van der Waals surface area (Å²) >= 11 is 0. The van der Waals surface area contributed by atoms with E-state index in [1.165, 1.54) is 0 Å². The van der Waals surface area contributed by atoms with Gasteiger partial charge < -0.3 is 16.0 Å². The number of nitrogens with two attached hydrogens (primary N) is 1. The van der Waals surface area contributed by atoms with Crippen LogP contribution in [0.5, 0.6) is 0 Å². The highest BCUT2D eigenvalue weighted by Crippen LogP contribution is 2.15. The number of hydrogen-bond donors (Lipinski definition) is 2. The van der Waals surface area contributed by atoms with Crippen LogP contribution in [0, 0.1) is 0 Å². The summed E-state index contributed by atoms with van der Waals surface area (Å²) in [6.45, 7) is 0.367. The number of anilines is 1. The minimum Gasteiger partial charge on any atom is -0.378 e. The van der Waals surface area contributed by atoms with Crippen LogP contribution in [-0.2, 0) is 0 Å². The molecule has 3 N–H and O–H groups in total. The summed E-state index contributed by atoms with van der Waals surface area (Å²) in [5.41, 5.74) is 8.48. The Balaban J connectivity index is 2.09. The van der Waals surface area contributed by atoms with Gasteiger partial charge in [-0.05, 0) is 29.8 Å². The maximum atomic E-state index is 12.3. The van der Waals surface area contributed by atoms with Gasteiger partial charge in [0.05, 0.1) is 6.04 Å². The van der Waals surface area contributed by atoms with Gasteiger partial charge in [0.2, 0.25) is 0 Å². The number of hydrogen-bond acceptors (Lipinski definition) is 3. The molecule has 0 spiro atoms. The summed E-state index contributed by atoms with van der Waals surface area (Å²) in [4.78, 5) is 14.3. The van der Waals surface area contributed by atoms with Gasteiger partial charge in [-0.1, -0.05) is 30.3 Å². The maximum Gasteiger partial charge on any atom is 0.251 e. The van der Waals surface area contributed by atoms with E-state index < -0.39 is 0 Å². The lowest BCUT2D eigenvalue weighted by atomic mass is 10.1. The van der Waals surface area contributed by atoms with Crippen molar-refractivity contribution in [1.29, 1.82) is 0 Å². The molecule has 0 fully saturated rings. The van der Waals surface area contributed by atoms with Gasteiger partial charge >= 0.3 is 0 Å². The molecular formula is C17H21N3O. The highest BCUT2D eigenvalue weighted by atomic mass is 16.1. The average molecular weight is 283 g/mol. The average Bonchev–Trinajstić information content (AvgIpc) is 2.53. The van der Waals surface area contributed by atoms with Crippen LogP contribution in [-0.4, -0.2) is 26.5 Å². The zero-order valence-electron chi connectivity index (χ0n) is 12.4. The Labute approximate surface area is 125 Å². The lowest BCUT2D eigenvalue weighted by Gasteiger charge is -2.18. The smallest absolute Gasteiger partial charge is 0.251 e. The molecule has 2 aromatic carbocycles. The second-order valence-electron chi connectivity index (χ2n) is 5.11. The van der Waals surface area contributed by atoms with Crippen molar-refractivity contribution in [3.63, 3.8) is 0 Å². The normalized spacial score (nSPS) is 11.8. The number of nitrogens with one attached hydrogen (secondary N) is 1. The first-order valence-electron chi connectivity index (χ1n) is 6.95. The van der Waals surface area contributed by atoms with Crippen molar-refractivity contribution in [1.82, 2.24) is 5.32 Å². The minimum absolute atomic E-state index is 0.111. The number of carbonyl (C=O) groups is 1. The zero-order chi connectivity index (χ0) is 15.2. The molecule has 2 rings (SSSR count). The van der Waals surface area contributed by atoms with Gasteiger partial charge in [0.1, 0.15) is 0 Å². The summed E-state index contributed by atoms with van der Waals surface area (Å²) in [5, 5.41) is 2.97. The fourth-order valence-corrected chi connectivity index (χ4v) is 2.12. The fraction of sp³-hybridized carbons (Fsp3) is 0.235. The van der Waals surface area contributed by atoms with Crippen molar-refractivity contribution < 1.29 is 4.79 Å². The van der Waals surface area contributed by atoms with Crippen molar-refractivity contribution in [2.75, 3.05) is 25.5 Å². The van der Waals surface area contributed by atoms with E-state index in [1.807, 2.05) is 73.6 Å². The van der Waals surface area contributed by atoms with Crippen LogP contribution in [0.2, 0.25) is 0 Å². The Morgan fingerprint density at radius 1 is 1.10 bits per heavy atom. The van der Waals surface area contributed by atoms with Crippen LogP contribution in [0.3, 0.4) is 0 Å². The topological polar surface area (TPSA) is 58.4 Å². The molecule has 2 aromatic rings. The van der Waals surface area contributed by atoms with E-state index in [4.69, 9.17) is 5.73 Å². The van der Waals surface area contributed by atoms with Gasteiger partial charge in [-0.25, -0.2) is 0 Å². The number of benzene rings is 2.